The Balaban J connectivity index is 2.66. The minimum absolute atomic E-state index is 0.504. The number of aryl methyl sites for hydroxylation is 1. The van der Waals surface area contributed by atoms with Crippen LogP contribution in [0.15, 0.2) is 28.7 Å². The molecule has 1 atom stereocenters. The van der Waals surface area contributed by atoms with Crippen LogP contribution in [0.4, 0.5) is 0 Å². The zero-order valence-electron chi connectivity index (χ0n) is 6.92. The number of nitrogens with zero attached hydrogens (tertiary/aromatic N) is 1. The van der Waals surface area contributed by atoms with Gasteiger partial charge in [0.25, 0.3) is 0 Å². The van der Waals surface area contributed by atoms with Crippen LogP contribution in [0.25, 0.3) is 0 Å². The first kappa shape index (κ1) is 6.87. The molecule has 11 heavy (non-hydrogen) atoms. The Morgan fingerprint density at radius 2 is 2.09 bits per heavy atom. The van der Waals surface area contributed by atoms with Crippen LogP contribution < -0.4 is 0 Å². The monoisotopic (exact) mass is 210 g/mol. The van der Waals surface area contributed by atoms with Gasteiger partial charge in [0.05, 0.1) is 6.07 Å². The topological polar surface area (TPSA) is 23.8 Å². The average molecular weight is 211 g/mol. The first-order valence-corrected chi connectivity index (χ1v) is 4.08. The number of nitriles is 1. The fourth-order valence-electron chi connectivity index (χ4n) is 0.784. The molecule has 1 unspecified atom stereocenters. The average Bonchev–Trinajstić information content (AvgIpc) is 2.09. The number of rotatable bonds is 2. The Hall–Kier alpha value is -0.810. The molecule has 1 rings (SSSR count). The summed E-state index contributed by atoms with van der Waals surface area (Å²) >= 11 is 3.32. The van der Waals surface area contributed by atoms with Crippen molar-refractivity contribution in [3.05, 3.63) is 34.3 Å². The van der Waals surface area contributed by atoms with Crippen LogP contribution in [0.5, 0.6) is 0 Å². The van der Waals surface area contributed by atoms with E-state index >= 15 is 0 Å². The summed E-state index contributed by atoms with van der Waals surface area (Å²) in [7, 11) is 0. The molecule has 1 aromatic carbocycles. The standard InChI is InChI=1S/C9H8BrN/c10-9-5-3-8(4-6-9)2-1-7-11/h3-6H,1-2H2/i1D. The van der Waals surface area contributed by atoms with E-state index in [0.717, 1.165) is 10.0 Å². The van der Waals surface area contributed by atoms with Gasteiger partial charge in [0, 0.05) is 12.2 Å². The van der Waals surface area contributed by atoms with Crippen molar-refractivity contribution in [3.63, 3.8) is 0 Å². The van der Waals surface area contributed by atoms with Crippen LogP contribution in [0.2, 0.25) is 0 Å². The molecule has 0 saturated heterocycles. The molecule has 1 aromatic rings. The van der Waals surface area contributed by atoms with E-state index < -0.39 is 6.40 Å². The van der Waals surface area contributed by atoms with Crippen LogP contribution >= 0.6 is 15.9 Å². The Morgan fingerprint density at radius 3 is 2.64 bits per heavy atom. The van der Waals surface area contributed by atoms with Crippen LogP contribution in [0, 0.1) is 11.3 Å². The third-order valence-electron chi connectivity index (χ3n) is 1.34. The second kappa shape index (κ2) is 4.15. The Morgan fingerprint density at radius 1 is 1.45 bits per heavy atom. The highest BCUT2D eigenvalue weighted by molar-refractivity contribution is 9.10. The molecule has 0 heterocycles. The van der Waals surface area contributed by atoms with Gasteiger partial charge in [-0.25, -0.2) is 0 Å². The highest BCUT2D eigenvalue weighted by Crippen LogP contribution is 2.11. The highest BCUT2D eigenvalue weighted by Gasteiger charge is 1.90. The number of hydrogen-bond donors (Lipinski definition) is 0. The van der Waals surface area contributed by atoms with Gasteiger partial charge in [-0.3, -0.25) is 0 Å². The summed E-state index contributed by atoms with van der Waals surface area (Å²) in [5.41, 5.74) is 1.03. The molecule has 0 aliphatic heterocycles. The summed E-state index contributed by atoms with van der Waals surface area (Å²) in [6.07, 6.45) is -0.143. The molecular weight excluding hydrogens is 202 g/mol. The van der Waals surface area contributed by atoms with E-state index in [2.05, 4.69) is 15.9 Å². The molecule has 1 nitrogen and oxygen atoms in total. The summed E-state index contributed by atoms with van der Waals surface area (Å²) in [6.45, 7) is 0. The van der Waals surface area contributed by atoms with Gasteiger partial charge in [-0.1, -0.05) is 28.1 Å². The molecule has 0 saturated carbocycles. The third kappa shape index (κ3) is 2.73. The Kier molecular flexibility index (Phi) is 2.59. The van der Waals surface area contributed by atoms with Gasteiger partial charge in [0.1, 0.15) is 0 Å². The molecule has 0 spiro atoms. The molecule has 2 heteroatoms. The Labute approximate surface area is 76.2 Å². The van der Waals surface area contributed by atoms with Crippen molar-refractivity contribution >= 4 is 15.9 Å². The fraction of sp³-hybridized carbons (Fsp3) is 0.222. The van der Waals surface area contributed by atoms with Crippen LogP contribution in [-0.4, -0.2) is 0 Å². The summed E-state index contributed by atoms with van der Waals surface area (Å²) in [6, 6.07) is 9.55. The van der Waals surface area contributed by atoms with Crippen LogP contribution in [-0.2, 0) is 6.42 Å². The summed E-state index contributed by atoms with van der Waals surface area (Å²) in [4.78, 5) is 0. The lowest BCUT2D eigenvalue weighted by Gasteiger charge is -1.95. The fourth-order valence-corrected chi connectivity index (χ4v) is 1.05. The van der Waals surface area contributed by atoms with Crippen molar-refractivity contribution in [2.45, 2.75) is 12.8 Å². The molecule has 0 radical (unpaired) electrons. The SMILES string of the molecule is [2H]C(C#N)Cc1ccc(Br)cc1. The van der Waals surface area contributed by atoms with Crippen molar-refractivity contribution in [2.75, 3.05) is 0 Å². The molecule has 0 bridgehead atoms. The second-order valence-corrected chi connectivity index (χ2v) is 3.08. The number of halogens is 1. The maximum Gasteiger partial charge on any atom is 0.0625 e. The van der Waals surface area contributed by atoms with E-state index in [-0.39, 0.29) is 0 Å². The molecule has 0 aliphatic rings. The zero-order valence-corrected chi connectivity index (χ0v) is 7.51. The largest absolute Gasteiger partial charge is 0.198 e. The van der Waals surface area contributed by atoms with E-state index in [0.29, 0.717) is 6.42 Å². The van der Waals surface area contributed by atoms with Gasteiger partial charge in [0.2, 0.25) is 0 Å². The number of hydrogen-bond acceptors (Lipinski definition) is 1. The van der Waals surface area contributed by atoms with E-state index in [1.54, 1.807) is 0 Å². The van der Waals surface area contributed by atoms with Crippen molar-refractivity contribution in [1.82, 2.24) is 0 Å². The van der Waals surface area contributed by atoms with Crippen molar-refractivity contribution in [2.24, 2.45) is 0 Å². The van der Waals surface area contributed by atoms with Crippen molar-refractivity contribution < 1.29 is 1.37 Å². The van der Waals surface area contributed by atoms with Crippen LogP contribution in [0.1, 0.15) is 13.3 Å². The normalized spacial score (nSPS) is 13.3. The lowest BCUT2D eigenvalue weighted by molar-refractivity contribution is 1.01. The summed E-state index contributed by atoms with van der Waals surface area (Å²) < 4.78 is 8.26. The quantitative estimate of drug-likeness (QED) is 0.737. The van der Waals surface area contributed by atoms with Gasteiger partial charge in [0.15, 0.2) is 0 Å². The molecule has 0 fully saturated rings. The molecule has 56 valence electrons. The molecular formula is C9H8BrN. The minimum Gasteiger partial charge on any atom is -0.198 e. The number of benzene rings is 1. The molecule has 0 aromatic heterocycles. The van der Waals surface area contributed by atoms with Gasteiger partial charge in [-0.05, 0) is 24.1 Å². The van der Waals surface area contributed by atoms with Crippen molar-refractivity contribution in [3.8, 4) is 6.07 Å². The smallest absolute Gasteiger partial charge is 0.0625 e. The van der Waals surface area contributed by atoms with Gasteiger partial charge in [-0.2, -0.15) is 5.26 Å². The third-order valence-corrected chi connectivity index (χ3v) is 1.87. The lowest BCUT2D eigenvalue weighted by Crippen LogP contribution is -1.81. The van der Waals surface area contributed by atoms with Crippen molar-refractivity contribution in [1.29, 1.82) is 5.26 Å². The maximum absolute atomic E-state index is 8.40. The lowest BCUT2D eigenvalue weighted by atomic mass is 10.1. The van der Waals surface area contributed by atoms with Gasteiger partial charge < -0.3 is 0 Å². The van der Waals surface area contributed by atoms with E-state index in [1.807, 2.05) is 30.3 Å². The predicted octanol–water partition coefficient (Wildman–Crippen LogP) is 2.91. The van der Waals surface area contributed by atoms with E-state index in [1.165, 1.54) is 0 Å². The van der Waals surface area contributed by atoms with E-state index in [4.69, 9.17) is 6.63 Å². The highest BCUT2D eigenvalue weighted by atomic mass is 79.9. The maximum atomic E-state index is 8.40. The minimum atomic E-state index is -0.647. The Bertz CT molecular complexity index is 288. The van der Waals surface area contributed by atoms with Crippen LogP contribution in [0.3, 0.4) is 0 Å². The van der Waals surface area contributed by atoms with E-state index in [9.17, 15) is 0 Å². The molecule has 0 aliphatic carbocycles. The zero-order chi connectivity index (χ0) is 8.97. The molecule has 0 amide bonds. The summed E-state index contributed by atoms with van der Waals surface area (Å²) in [5.74, 6) is 0. The van der Waals surface area contributed by atoms with Gasteiger partial charge in [-0.15, -0.1) is 0 Å². The second-order valence-electron chi connectivity index (χ2n) is 2.16. The first-order valence-electron chi connectivity index (χ1n) is 3.86. The molecule has 0 N–H and O–H groups in total. The van der Waals surface area contributed by atoms with Gasteiger partial charge >= 0.3 is 0 Å². The predicted molar refractivity (Wildman–Crippen MR) is 48.1 cm³/mol. The summed E-state index contributed by atoms with van der Waals surface area (Å²) in [5, 5.41) is 8.40. The first-order chi connectivity index (χ1) is 5.72.